The van der Waals surface area contributed by atoms with Crippen LogP contribution in [0.4, 0.5) is 0 Å². The van der Waals surface area contributed by atoms with Gasteiger partial charge >= 0.3 is 5.97 Å². The Morgan fingerprint density at radius 3 is 2.48 bits per heavy atom. The molecule has 3 N–H and O–H groups in total. The highest BCUT2D eigenvalue weighted by Crippen LogP contribution is 2.60. The van der Waals surface area contributed by atoms with E-state index in [1.54, 1.807) is 19.4 Å². The second-order valence-electron chi connectivity index (χ2n) is 15.7. The first-order chi connectivity index (χ1) is 21.6. The van der Waals surface area contributed by atoms with Gasteiger partial charge in [0.15, 0.2) is 0 Å². The van der Waals surface area contributed by atoms with Gasteiger partial charge in [0.25, 0.3) is 0 Å². The summed E-state index contributed by atoms with van der Waals surface area (Å²) in [5.74, 6) is 0.508. The van der Waals surface area contributed by atoms with Crippen LogP contribution in [-0.4, -0.2) is 44.6 Å². The van der Waals surface area contributed by atoms with Crippen LogP contribution in [0.3, 0.4) is 0 Å². The van der Waals surface area contributed by atoms with Crippen molar-refractivity contribution in [2.45, 2.75) is 136 Å². The summed E-state index contributed by atoms with van der Waals surface area (Å²) >= 11 is 0. The molecule has 0 bridgehead atoms. The molecule has 0 saturated heterocycles. The van der Waals surface area contributed by atoms with Crippen molar-refractivity contribution < 1.29 is 29.4 Å². The molecule has 8 nitrogen and oxygen atoms in total. The van der Waals surface area contributed by atoms with Crippen molar-refractivity contribution in [3.05, 3.63) is 47.6 Å². The van der Waals surface area contributed by atoms with Crippen molar-refractivity contribution in [2.75, 3.05) is 6.61 Å². The summed E-state index contributed by atoms with van der Waals surface area (Å²) in [5.41, 5.74) is 3.27. The van der Waals surface area contributed by atoms with Gasteiger partial charge in [-0.2, -0.15) is 0 Å². The number of rotatable bonds is 13. The minimum Gasteiger partial charge on any atom is -0.492 e. The number of aromatic hydroxyl groups is 2. The highest BCUT2D eigenvalue weighted by atomic mass is 16.7. The molecular formula is C38H58N2O6. The number of nitrogens with zero attached hydrogens (tertiary/aromatic N) is 1. The second kappa shape index (κ2) is 14.8. The third-order valence-electron chi connectivity index (χ3n) is 10.8. The molecule has 3 aliphatic carbocycles. The monoisotopic (exact) mass is 638 g/mol. The number of carbonyl (C=O) groups is 2. The Labute approximate surface area is 276 Å². The van der Waals surface area contributed by atoms with Crippen LogP contribution in [0.25, 0.3) is 0 Å². The van der Waals surface area contributed by atoms with Gasteiger partial charge in [-0.1, -0.05) is 43.7 Å². The smallest absolute Gasteiger partial charge is 0.336 e. The van der Waals surface area contributed by atoms with Crippen LogP contribution in [0.5, 0.6) is 11.8 Å². The highest BCUT2D eigenvalue weighted by molar-refractivity contribution is 5.76. The number of amides is 1. The molecule has 8 heteroatoms. The zero-order valence-corrected chi connectivity index (χ0v) is 29.1. The fraction of sp³-hybridized carbons (Fsp3) is 0.684. The minimum atomic E-state index is -0.891. The second-order valence-corrected chi connectivity index (χ2v) is 15.7. The number of ether oxygens (including phenoxy) is 1. The Morgan fingerprint density at radius 2 is 1.78 bits per heavy atom. The SMILES string of the molecule is C=C1CCCCC1=CC=C1CCCC2(C)C1CCC2C(C)CCCC(=O)NC(C)(C)COC(C)(C)CC(=O)On1c(O)ccc1O. The first-order valence-electron chi connectivity index (χ1n) is 17.4. The molecule has 3 saturated carbocycles. The van der Waals surface area contributed by atoms with Gasteiger partial charge in [0, 0.05) is 18.6 Å². The Bertz CT molecular complexity index is 1300. The summed E-state index contributed by atoms with van der Waals surface area (Å²) in [6.45, 7) is 16.8. The van der Waals surface area contributed by atoms with Crippen LogP contribution in [0, 0.1) is 23.2 Å². The Kier molecular flexibility index (Phi) is 11.6. The predicted octanol–water partition coefficient (Wildman–Crippen LogP) is 7.94. The number of aromatic nitrogens is 1. The van der Waals surface area contributed by atoms with Gasteiger partial charge in [-0.25, -0.2) is 4.79 Å². The van der Waals surface area contributed by atoms with E-state index in [-0.39, 0.29) is 30.7 Å². The highest BCUT2D eigenvalue weighted by Gasteiger charge is 2.50. The molecule has 0 spiro atoms. The van der Waals surface area contributed by atoms with E-state index in [9.17, 15) is 19.8 Å². The van der Waals surface area contributed by atoms with Gasteiger partial charge in [-0.05, 0) is 127 Å². The van der Waals surface area contributed by atoms with Gasteiger partial charge in [0.05, 0.1) is 24.2 Å². The maximum Gasteiger partial charge on any atom is 0.336 e. The van der Waals surface area contributed by atoms with Crippen molar-refractivity contribution in [2.24, 2.45) is 23.2 Å². The first-order valence-corrected chi connectivity index (χ1v) is 17.4. The lowest BCUT2D eigenvalue weighted by Crippen LogP contribution is -2.49. The Balaban J connectivity index is 1.21. The van der Waals surface area contributed by atoms with Gasteiger partial charge in [-0.15, -0.1) is 4.73 Å². The van der Waals surface area contributed by atoms with Gasteiger partial charge in [0.2, 0.25) is 17.7 Å². The average Bonchev–Trinajstić information content (AvgIpc) is 3.49. The summed E-state index contributed by atoms with van der Waals surface area (Å²) < 4.78 is 6.68. The number of carbonyl (C=O) groups excluding carboxylic acids is 2. The van der Waals surface area contributed by atoms with Crippen molar-refractivity contribution >= 4 is 11.9 Å². The summed E-state index contributed by atoms with van der Waals surface area (Å²) in [4.78, 5) is 30.4. The van der Waals surface area contributed by atoms with Crippen LogP contribution >= 0.6 is 0 Å². The van der Waals surface area contributed by atoms with Crippen LogP contribution in [0.15, 0.2) is 47.6 Å². The zero-order chi connectivity index (χ0) is 33.7. The lowest BCUT2D eigenvalue weighted by Gasteiger charge is -2.44. The van der Waals surface area contributed by atoms with E-state index in [1.807, 2.05) is 13.8 Å². The molecule has 4 atom stereocenters. The van der Waals surface area contributed by atoms with Crippen LogP contribution in [0.1, 0.15) is 125 Å². The average molecular weight is 639 g/mol. The summed E-state index contributed by atoms with van der Waals surface area (Å²) in [7, 11) is 0. The molecule has 1 amide bonds. The summed E-state index contributed by atoms with van der Waals surface area (Å²) in [6.07, 6.45) is 18.3. The molecule has 4 unspecified atom stereocenters. The molecule has 0 aliphatic heterocycles. The third kappa shape index (κ3) is 9.08. The van der Waals surface area contributed by atoms with Crippen molar-refractivity contribution in [1.29, 1.82) is 0 Å². The fourth-order valence-electron chi connectivity index (χ4n) is 8.28. The maximum atomic E-state index is 13.0. The van der Waals surface area contributed by atoms with Crippen LogP contribution < -0.4 is 10.2 Å². The molecule has 0 aromatic carbocycles. The number of hydrogen-bond acceptors (Lipinski definition) is 6. The molecule has 1 aromatic heterocycles. The number of hydrogen-bond donors (Lipinski definition) is 3. The quantitative estimate of drug-likeness (QED) is 0.202. The predicted molar refractivity (Wildman–Crippen MR) is 181 cm³/mol. The molecular weight excluding hydrogens is 580 g/mol. The normalized spacial score (nSPS) is 26.3. The molecule has 3 fully saturated rings. The Morgan fingerprint density at radius 1 is 1.09 bits per heavy atom. The summed E-state index contributed by atoms with van der Waals surface area (Å²) in [6, 6.07) is 2.44. The van der Waals surface area contributed by atoms with E-state index in [1.165, 1.54) is 74.6 Å². The molecule has 4 rings (SSSR count). The standard InChI is InChI=1S/C38H58N2O6/c1-26-12-8-9-14-28(26)17-18-29-15-11-23-38(7)30(19-20-31(29)38)27(2)13-10-16-32(41)39-36(3,4)25-45-37(5,6)24-35(44)46-40-33(42)21-22-34(40)43/h17-18,21-22,27,30-31,42-43H,1,8-16,19-20,23-25H2,2-7H3,(H,39,41). The first kappa shape index (κ1) is 35.8. The topological polar surface area (TPSA) is 110 Å². The molecule has 0 radical (unpaired) electrons. The van der Waals surface area contributed by atoms with Crippen molar-refractivity contribution in [1.82, 2.24) is 10.0 Å². The molecule has 1 heterocycles. The maximum absolute atomic E-state index is 13.0. The van der Waals surface area contributed by atoms with E-state index in [0.29, 0.717) is 34.3 Å². The number of fused-ring (bicyclic) bond motifs is 1. The lowest BCUT2D eigenvalue weighted by molar-refractivity contribution is -0.153. The third-order valence-corrected chi connectivity index (χ3v) is 10.8. The zero-order valence-electron chi connectivity index (χ0n) is 29.1. The van der Waals surface area contributed by atoms with E-state index >= 15 is 0 Å². The fourth-order valence-corrected chi connectivity index (χ4v) is 8.28. The van der Waals surface area contributed by atoms with Gasteiger partial charge in [-0.3, -0.25) is 4.79 Å². The van der Waals surface area contributed by atoms with Crippen LogP contribution in [0.2, 0.25) is 0 Å². The molecule has 46 heavy (non-hydrogen) atoms. The van der Waals surface area contributed by atoms with Crippen molar-refractivity contribution in [3.8, 4) is 11.8 Å². The lowest BCUT2D eigenvalue weighted by atomic mass is 9.60. The van der Waals surface area contributed by atoms with E-state index in [2.05, 4.69) is 37.9 Å². The van der Waals surface area contributed by atoms with E-state index in [4.69, 9.17) is 9.57 Å². The van der Waals surface area contributed by atoms with Gasteiger partial charge in [0.1, 0.15) is 0 Å². The van der Waals surface area contributed by atoms with Crippen LogP contribution in [-0.2, 0) is 14.3 Å². The van der Waals surface area contributed by atoms with Gasteiger partial charge < -0.3 is 25.1 Å². The minimum absolute atomic E-state index is 0.00677. The Hall–Kier alpha value is -3.00. The largest absolute Gasteiger partial charge is 0.492 e. The van der Waals surface area contributed by atoms with E-state index in [0.717, 1.165) is 19.3 Å². The summed E-state index contributed by atoms with van der Waals surface area (Å²) in [5, 5.41) is 22.5. The number of allylic oxidation sites excluding steroid dienone is 5. The number of nitrogens with one attached hydrogen (secondary N) is 1. The van der Waals surface area contributed by atoms with Crippen molar-refractivity contribution in [3.63, 3.8) is 0 Å². The molecule has 3 aliphatic rings. The molecule has 1 aromatic rings. The van der Waals surface area contributed by atoms with E-state index < -0.39 is 17.1 Å². The molecule has 256 valence electrons.